The lowest BCUT2D eigenvalue weighted by atomic mass is 10.0. The number of para-hydroxylation sites is 1. The SMILES string of the molecule is CCc1ccccc1NC(=O)CN(C)S(=O)(=O)c1ccc2c(c1)CCC(=O)N2. The minimum Gasteiger partial charge on any atom is -0.326 e. The molecule has 1 aliphatic heterocycles. The number of likely N-dealkylation sites (N-methyl/N-ethyl adjacent to an activating group) is 1. The molecule has 0 saturated carbocycles. The van der Waals surface area contributed by atoms with Crippen LogP contribution in [0, 0.1) is 0 Å². The van der Waals surface area contributed by atoms with Crippen LogP contribution in [0.5, 0.6) is 0 Å². The van der Waals surface area contributed by atoms with Crippen LogP contribution < -0.4 is 10.6 Å². The molecule has 28 heavy (non-hydrogen) atoms. The maximum absolute atomic E-state index is 12.9. The molecule has 1 heterocycles. The van der Waals surface area contributed by atoms with E-state index < -0.39 is 15.9 Å². The summed E-state index contributed by atoms with van der Waals surface area (Å²) in [6.07, 6.45) is 1.57. The summed E-state index contributed by atoms with van der Waals surface area (Å²) in [6.45, 7) is 1.69. The van der Waals surface area contributed by atoms with Crippen molar-refractivity contribution in [2.45, 2.75) is 31.1 Å². The zero-order valence-corrected chi connectivity index (χ0v) is 16.7. The zero-order valence-electron chi connectivity index (χ0n) is 15.9. The van der Waals surface area contributed by atoms with Gasteiger partial charge in [0.1, 0.15) is 0 Å². The van der Waals surface area contributed by atoms with E-state index in [2.05, 4.69) is 10.6 Å². The van der Waals surface area contributed by atoms with Crippen LogP contribution in [0.4, 0.5) is 11.4 Å². The second kappa shape index (κ2) is 8.12. The van der Waals surface area contributed by atoms with Gasteiger partial charge >= 0.3 is 0 Å². The van der Waals surface area contributed by atoms with E-state index in [9.17, 15) is 18.0 Å². The third-order valence-electron chi connectivity index (χ3n) is 4.72. The van der Waals surface area contributed by atoms with Gasteiger partial charge in [0.25, 0.3) is 0 Å². The lowest BCUT2D eigenvalue weighted by Gasteiger charge is -2.20. The molecule has 148 valence electrons. The Bertz CT molecular complexity index is 1020. The first-order valence-corrected chi connectivity index (χ1v) is 10.5. The molecule has 2 aromatic rings. The lowest BCUT2D eigenvalue weighted by Crippen LogP contribution is -2.35. The number of sulfonamides is 1. The Morgan fingerprint density at radius 1 is 1.18 bits per heavy atom. The predicted octanol–water partition coefficient (Wildman–Crippen LogP) is 2.39. The molecule has 0 unspecified atom stereocenters. The summed E-state index contributed by atoms with van der Waals surface area (Å²) >= 11 is 0. The van der Waals surface area contributed by atoms with Crippen molar-refractivity contribution < 1.29 is 18.0 Å². The van der Waals surface area contributed by atoms with E-state index in [0.29, 0.717) is 24.2 Å². The average Bonchev–Trinajstić information content (AvgIpc) is 2.67. The third kappa shape index (κ3) is 4.23. The molecule has 0 atom stereocenters. The van der Waals surface area contributed by atoms with Gasteiger partial charge in [0.05, 0.1) is 11.4 Å². The summed E-state index contributed by atoms with van der Waals surface area (Å²) in [4.78, 5) is 23.9. The van der Waals surface area contributed by atoms with Gasteiger partial charge in [0, 0.05) is 24.8 Å². The van der Waals surface area contributed by atoms with Gasteiger partial charge in [-0.15, -0.1) is 0 Å². The molecular formula is C20H23N3O4S. The first-order valence-electron chi connectivity index (χ1n) is 9.08. The highest BCUT2D eigenvalue weighted by atomic mass is 32.2. The minimum atomic E-state index is -3.83. The molecule has 0 aliphatic carbocycles. The van der Waals surface area contributed by atoms with Crippen molar-refractivity contribution in [1.82, 2.24) is 4.31 Å². The molecule has 1 aliphatic rings. The summed E-state index contributed by atoms with van der Waals surface area (Å²) in [5.74, 6) is -0.485. The third-order valence-corrected chi connectivity index (χ3v) is 6.52. The van der Waals surface area contributed by atoms with Crippen molar-refractivity contribution in [2.75, 3.05) is 24.2 Å². The van der Waals surface area contributed by atoms with E-state index in [-0.39, 0.29) is 17.3 Å². The number of amides is 2. The number of nitrogens with one attached hydrogen (secondary N) is 2. The van der Waals surface area contributed by atoms with Gasteiger partial charge < -0.3 is 10.6 Å². The number of carbonyl (C=O) groups is 2. The molecule has 2 aromatic carbocycles. The van der Waals surface area contributed by atoms with Crippen molar-refractivity contribution in [3.63, 3.8) is 0 Å². The first kappa shape index (κ1) is 20.0. The Morgan fingerprint density at radius 2 is 1.93 bits per heavy atom. The number of benzene rings is 2. The Hall–Kier alpha value is -2.71. The largest absolute Gasteiger partial charge is 0.326 e. The quantitative estimate of drug-likeness (QED) is 0.777. The molecule has 3 rings (SSSR count). The lowest BCUT2D eigenvalue weighted by molar-refractivity contribution is -0.117. The van der Waals surface area contributed by atoms with Gasteiger partial charge in [-0.2, -0.15) is 4.31 Å². The van der Waals surface area contributed by atoms with Crippen LogP contribution in [-0.4, -0.2) is 38.1 Å². The summed E-state index contributed by atoms with van der Waals surface area (Å²) < 4.78 is 26.7. The van der Waals surface area contributed by atoms with E-state index in [4.69, 9.17) is 0 Å². The molecule has 2 amide bonds. The highest BCUT2D eigenvalue weighted by Gasteiger charge is 2.25. The van der Waals surface area contributed by atoms with Crippen molar-refractivity contribution in [3.05, 3.63) is 53.6 Å². The predicted molar refractivity (Wildman–Crippen MR) is 108 cm³/mol. The standard InChI is InChI=1S/C20H23N3O4S/c1-3-14-6-4-5-7-17(14)22-20(25)13-23(2)28(26,27)16-9-10-18-15(12-16)8-11-19(24)21-18/h4-7,9-10,12H,3,8,11,13H2,1-2H3,(H,21,24)(H,22,25). The van der Waals surface area contributed by atoms with Gasteiger partial charge in [0.15, 0.2) is 0 Å². The zero-order chi connectivity index (χ0) is 20.3. The van der Waals surface area contributed by atoms with Crippen LogP contribution in [0.15, 0.2) is 47.4 Å². The van der Waals surface area contributed by atoms with Gasteiger partial charge in [-0.1, -0.05) is 25.1 Å². The Morgan fingerprint density at radius 3 is 2.68 bits per heavy atom. The van der Waals surface area contributed by atoms with E-state index in [1.807, 2.05) is 25.1 Å². The number of anilines is 2. The molecule has 8 heteroatoms. The Labute approximate surface area is 164 Å². The van der Waals surface area contributed by atoms with Crippen LogP contribution in [-0.2, 0) is 32.5 Å². The Kier molecular flexibility index (Phi) is 5.81. The summed E-state index contributed by atoms with van der Waals surface area (Å²) in [6, 6.07) is 12.0. The second-order valence-electron chi connectivity index (χ2n) is 6.69. The van der Waals surface area contributed by atoms with Crippen molar-refractivity contribution >= 4 is 33.2 Å². The number of aryl methyl sites for hydroxylation is 2. The number of carbonyl (C=O) groups excluding carboxylic acids is 2. The van der Waals surface area contributed by atoms with Gasteiger partial charge in [-0.25, -0.2) is 8.42 Å². The topological polar surface area (TPSA) is 95.6 Å². The first-order chi connectivity index (χ1) is 13.3. The maximum atomic E-state index is 12.9. The number of hydrogen-bond acceptors (Lipinski definition) is 4. The average molecular weight is 401 g/mol. The van der Waals surface area contributed by atoms with Crippen LogP contribution in [0.25, 0.3) is 0 Å². The molecule has 0 fully saturated rings. The fourth-order valence-corrected chi connectivity index (χ4v) is 4.31. The summed E-state index contributed by atoms with van der Waals surface area (Å²) in [5, 5.41) is 5.50. The van der Waals surface area contributed by atoms with Crippen molar-refractivity contribution in [2.24, 2.45) is 0 Å². The van der Waals surface area contributed by atoms with Crippen LogP contribution in [0.2, 0.25) is 0 Å². The molecule has 0 radical (unpaired) electrons. The molecule has 0 aromatic heterocycles. The minimum absolute atomic E-state index is 0.0794. The van der Waals surface area contributed by atoms with Crippen molar-refractivity contribution in [1.29, 1.82) is 0 Å². The van der Waals surface area contributed by atoms with E-state index >= 15 is 0 Å². The highest BCUT2D eigenvalue weighted by Crippen LogP contribution is 2.26. The number of fused-ring (bicyclic) bond motifs is 1. The fourth-order valence-electron chi connectivity index (χ4n) is 3.13. The summed E-state index contributed by atoms with van der Waals surface area (Å²) in [7, 11) is -2.45. The van der Waals surface area contributed by atoms with Crippen LogP contribution in [0.3, 0.4) is 0 Å². The van der Waals surface area contributed by atoms with E-state index in [0.717, 1.165) is 21.9 Å². The van der Waals surface area contributed by atoms with Crippen molar-refractivity contribution in [3.8, 4) is 0 Å². The summed E-state index contributed by atoms with van der Waals surface area (Å²) in [5.41, 5.74) is 3.07. The van der Waals surface area contributed by atoms with E-state index in [1.54, 1.807) is 18.2 Å². The molecule has 0 saturated heterocycles. The van der Waals surface area contributed by atoms with Gasteiger partial charge in [-0.05, 0) is 48.2 Å². The second-order valence-corrected chi connectivity index (χ2v) is 8.73. The normalized spacial score (nSPS) is 13.8. The number of nitrogens with zero attached hydrogens (tertiary/aromatic N) is 1. The Balaban J connectivity index is 1.73. The fraction of sp³-hybridized carbons (Fsp3) is 0.300. The maximum Gasteiger partial charge on any atom is 0.243 e. The van der Waals surface area contributed by atoms with E-state index in [1.165, 1.54) is 13.1 Å². The molecule has 0 bridgehead atoms. The number of hydrogen-bond donors (Lipinski definition) is 2. The van der Waals surface area contributed by atoms with Gasteiger partial charge in [0.2, 0.25) is 21.8 Å². The molecule has 0 spiro atoms. The monoisotopic (exact) mass is 401 g/mol. The van der Waals surface area contributed by atoms with Crippen LogP contribution in [0.1, 0.15) is 24.5 Å². The molecular weight excluding hydrogens is 378 g/mol. The van der Waals surface area contributed by atoms with Crippen LogP contribution >= 0.6 is 0 Å². The van der Waals surface area contributed by atoms with Gasteiger partial charge in [-0.3, -0.25) is 9.59 Å². The molecule has 7 nitrogen and oxygen atoms in total. The number of rotatable bonds is 6. The highest BCUT2D eigenvalue weighted by molar-refractivity contribution is 7.89. The smallest absolute Gasteiger partial charge is 0.243 e. The molecule has 2 N–H and O–H groups in total.